The van der Waals surface area contributed by atoms with Crippen molar-refractivity contribution in [3.8, 4) is 0 Å². The zero-order valence-electron chi connectivity index (χ0n) is 13.8. The topological polar surface area (TPSA) is 66.5 Å². The Morgan fingerprint density at radius 2 is 1.82 bits per heavy atom. The van der Waals surface area contributed by atoms with E-state index in [-0.39, 0.29) is 29.6 Å². The monoisotopic (exact) mass is 304 g/mol. The summed E-state index contributed by atoms with van der Waals surface area (Å²) in [6.07, 6.45) is 4.79. The largest absolute Gasteiger partial charge is 0.349 e. The number of carbonyl (C=O) groups is 3. The van der Waals surface area contributed by atoms with Crippen LogP contribution in [0.1, 0.15) is 34.1 Å². The Labute approximate surface area is 131 Å². The molecule has 0 spiro atoms. The number of carbonyl (C=O) groups excluding carboxylic acids is 3. The summed E-state index contributed by atoms with van der Waals surface area (Å²) in [4.78, 5) is 37.6. The smallest absolute Gasteiger partial charge is 0.235 e. The number of imide groups is 1. The van der Waals surface area contributed by atoms with Crippen LogP contribution in [0.5, 0.6) is 0 Å². The highest BCUT2D eigenvalue weighted by atomic mass is 16.2. The number of nitrogens with one attached hydrogen (secondary N) is 1. The third-order valence-electron chi connectivity index (χ3n) is 4.62. The number of likely N-dealkylation sites (tertiary alicyclic amines) is 1. The van der Waals surface area contributed by atoms with Crippen molar-refractivity contribution >= 4 is 17.7 Å². The lowest BCUT2D eigenvalue weighted by molar-refractivity contribution is -0.138. The van der Waals surface area contributed by atoms with Crippen molar-refractivity contribution in [3.05, 3.63) is 23.3 Å². The van der Waals surface area contributed by atoms with Gasteiger partial charge in [-0.15, -0.1) is 0 Å². The minimum Gasteiger partial charge on any atom is -0.349 e. The van der Waals surface area contributed by atoms with Gasteiger partial charge in [-0.2, -0.15) is 0 Å². The van der Waals surface area contributed by atoms with Crippen LogP contribution in [0, 0.1) is 17.8 Å². The molecule has 0 bridgehead atoms. The van der Waals surface area contributed by atoms with Crippen LogP contribution in [0.25, 0.3) is 0 Å². The molecule has 0 saturated carbocycles. The molecule has 1 aliphatic heterocycles. The normalized spacial score (nSPS) is 30.8. The van der Waals surface area contributed by atoms with Gasteiger partial charge in [0, 0.05) is 14.0 Å². The highest BCUT2D eigenvalue weighted by Crippen LogP contribution is 2.43. The van der Waals surface area contributed by atoms with E-state index in [1.807, 2.05) is 26.8 Å². The summed E-state index contributed by atoms with van der Waals surface area (Å²) in [5.41, 5.74) is 2.26. The van der Waals surface area contributed by atoms with Crippen molar-refractivity contribution < 1.29 is 14.4 Å². The first-order chi connectivity index (χ1) is 10.2. The first-order valence-electron chi connectivity index (χ1n) is 7.64. The van der Waals surface area contributed by atoms with Crippen LogP contribution in [0.15, 0.2) is 23.3 Å². The molecule has 5 heteroatoms. The summed E-state index contributed by atoms with van der Waals surface area (Å²) in [5, 5.41) is 2.81. The summed E-state index contributed by atoms with van der Waals surface area (Å²) in [7, 11) is 1.53. The van der Waals surface area contributed by atoms with Gasteiger partial charge in [0.1, 0.15) is 0 Å². The number of hydrogen-bond donors (Lipinski definition) is 1. The lowest BCUT2D eigenvalue weighted by Crippen LogP contribution is -2.47. The van der Waals surface area contributed by atoms with Crippen molar-refractivity contribution in [2.24, 2.45) is 17.8 Å². The predicted octanol–water partition coefficient (Wildman–Crippen LogP) is 1.65. The van der Waals surface area contributed by atoms with Gasteiger partial charge in [0.15, 0.2) is 0 Å². The quantitative estimate of drug-likeness (QED) is 0.637. The van der Waals surface area contributed by atoms with Gasteiger partial charge in [-0.25, -0.2) is 0 Å². The summed E-state index contributed by atoms with van der Waals surface area (Å²) in [6.45, 7) is 7.45. The van der Waals surface area contributed by atoms with Crippen LogP contribution in [0.2, 0.25) is 0 Å². The predicted molar refractivity (Wildman–Crippen MR) is 83.7 cm³/mol. The molecule has 0 unspecified atom stereocenters. The third kappa shape index (κ3) is 2.85. The van der Waals surface area contributed by atoms with E-state index in [9.17, 15) is 14.4 Å². The van der Waals surface area contributed by atoms with Crippen LogP contribution in [-0.2, 0) is 14.4 Å². The maximum Gasteiger partial charge on any atom is 0.235 e. The second kappa shape index (κ2) is 6.07. The molecule has 1 saturated heterocycles. The molecule has 2 rings (SSSR count). The molecule has 0 aromatic carbocycles. The van der Waals surface area contributed by atoms with E-state index in [1.54, 1.807) is 0 Å². The molecule has 120 valence electrons. The molecule has 1 aliphatic carbocycles. The van der Waals surface area contributed by atoms with Gasteiger partial charge in [-0.1, -0.05) is 23.3 Å². The summed E-state index contributed by atoms with van der Waals surface area (Å²) >= 11 is 0. The van der Waals surface area contributed by atoms with Crippen LogP contribution in [0.4, 0.5) is 0 Å². The van der Waals surface area contributed by atoms with E-state index in [4.69, 9.17) is 0 Å². The number of rotatable bonds is 3. The lowest BCUT2D eigenvalue weighted by Gasteiger charge is -2.35. The Balaban J connectivity index is 2.41. The van der Waals surface area contributed by atoms with Crippen molar-refractivity contribution in [1.82, 2.24) is 10.2 Å². The van der Waals surface area contributed by atoms with Crippen molar-refractivity contribution in [1.29, 1.82) is 0 Å². The van der Waals surface area contributed by atoms with Gasteiger partial charge in [0.25, 0.3) is 0 Å². The molecule has 0 aromatic heterocycles. The summed E-state index contributed by atoms with van der Waals surface area (Å²) in [6, 6.07) is -0.396. The number of hydrogen-bond acceptors (Lipinski definition) is 3. The first kappa shape index (κ1) is 16.5. The van der Waals surface area contributed by atoms with E-state index >= 15 is 0 Å². The molecule has 3 amide bonds. The fourth-order valence-corrected chi connectivity index (χ4v) is 3.52. The highest BCUT2D eigenvalue weighted by molar-refractivity contribution is 6.06. The standard InChI is InChI=1S/C17H24N2O3/c1-9(2)6-7-12-10(3)8-13(18-11(4)20)15-14(12)16(21)19(5)17(15)22/h6,8,12-15H,7H2,1-5H3,(H,18,20)/t12-,13+,14-,15+/m0/s1. The first-order valence-corrected chi connectivity index (χ1v) is 7.64. The fourth-order valence-electron chi connectivity index (χ4n) is 3.52. The third-order valence-corrected chi connectivity index (χ3v) is 4.62. The Bertz CT molecular complexity index is 572. The highest BCUT2D eigenvalue weighted by Gasteiger charge is 2.54. The van der Waals surface area contributed by atoms with E-state index in [1.165, 1.54) is 24.4 Å². The minimum atomic E-state index is -0.485. The SMILES string of the molecule is CC(=O)N[C@@H]1C=C(C)[C@H](CC=C(C)C)[C@@H]2C(=O)N(C)C(=O)[C@@H]21. The molecular formula is C17H24N2O3. The zero-order valence-corrected chi connectivity index (χ0v) is 13.8. The second-order valence-corrected chi connectivity index (χ2v) is 6.55. The lowest BCUT2D eigenvalue weighted by atomic mass is 9.70. The van der Waals surface area contributed by atoms with Gasteiger partial charge in [-0.05, 0) is 33.1 Å². The molecule has 5 nitrogen and oxygen atoms in total. The van der Waals surface area contributed by atoms with E-state index in [2.05, 4.69) is 11.4 Å². The Hall–Kier alpha value is -1.91. The van der Waals surface area contributed by atoms with Crippen LogP contribution < -0.4 is 5.32 Å². The van der Waals surface area contributed by atoms with Gasteiger partial charge in [0.2, 0.25) is 17.7 Å². The van der Waals surface area contributed by atoms with Gasteiger partial charge < -0.3 is 5.32 Å². The van der Waals surface area contributed by atoms with Gasteiger partial charge >= 0.3 is 0 Å². The molecule has 4 atom stereocenters. The summed E-state index contributed by atoms with van der Waals surface area (Å²) < 4.78 is 0. The van der Waals surface area contributed by atoms with E-state index < -0.39 is 12.0 Å². The van der Waals surface area contributed by atoms with Crippen LogP contribution in [-0.4, -0.2) is 35.7 Å². The molecular weight excluding hydrogens is 280 g/mol. The van der Waals surface area contributed by atoms with E-state index in [0.29, 0.717) is 0 Å². The van der Waals surface area contributed by atoms with E-state index in [0.717, 1.165) is 12.0 Å². The Morgan fingerprint density at radius 3 is 2.36 bits per heavy atom. The number of amides is 3. The zero-order chi connectivity index (χ0) is 16.6. The molecule has 1 fully saturated rings. The maximum absolute atomic E-state index is 12.5. The Kier molecular flexibility index (Phi) is 4.54. The van der Waals surface area contributed by atoms with Crippen LogP contribution >= 0.6 is 0 Å². The van der Waals surface area contributed by atoms with Crippen LogP contribution in [0.3, 0.4) is 0 Å². The van der Waals surface area contributed by atoms with Crippen molar-refractivity contribution in [2.75, 3.05) is 7.05 Å². The van der Waals surface area contributed by atoms with Crippen molar-refractivity contribution in [3.63, 3.8) is 0 Å². The average Bonchev–Trinajstić information content (AvgIpc) is 2.62. The second-order valence-electron chi connectivity index (χ2n) is 6.55. The number of nitrogens with zero attached hydrogens (tertiary/aromatic N) is 1. The Morgan fingerprint density at radius 1 is 1.23 bits per heavy atom. The molecule has 0 radical (unpaired) electrons. The number of fused-ring (bicyclic) bond motifs is 1. The maximum atomic E-state index is 12.5. The minimum absolute atomic E-state index is 0.0197. The van der Waals surface area contributed by atoms with Gasteiger partial charge in [0.05, 0.1) is 17.9 Å². The molecule has 1 N–H and O–H groups in total. The molecule has 0 aromatic rings. The number of allylic oxidation sites excluding steroid dienone is 3. The summed E-state index contributed by atoms with van der Waals surface area (Å²) in [5.74, 6) is -1.36. The van der Waals surface area contributed by atoms with Crippen molar-refractivity contribution in [2.45, 2.75) is 40.2 Å². The van der Waals surface area contributed by atoms with Gasteiger partial charge in [-0.3, -0.25) is 19.3 Å². The molecule has 2 aliphatic rings. The average molecular weight is 304 g/mol. The molecule has 22 heavy (non-hydrogen) atoms. The molecule has 1 heterocycles. The fraction of sp³-hybridized carbons (Fsp3) is 0.588.